The third-order valence-electron chi connectivity index (χ3n) is 5.14. The summed E-state index contributed by atoms with van der Waals surface area (Å²) in [7, 11) is 1.81. The second kappa shape index (κ2) is 9.40. The van der Waals surface area contributed by atoms with Gasteiger partial charge in [0.05, 0.1) is 0 Å². The molecule has 0 aliphatic carbocycles. The molecule has 27 heavy (non-hydrogen) atoms. The molecule has 0 radical (unpaired) electrons. The zero-order valence-electron chi connectivity index (χ0n) is 16.7. The minimum absolute atomic E-state index is 0.422. The molecule has 0 amide bonds. The maximum absolute atomic E-state index is 4.61. The van der Waals surface area contributed by atoms with E-state index >= 15 is 0 Å². The number of aromatic nitrogens is 1. The average molecular weight is 366 g/mol. The Morgan fingerprint density at radius 1 is 1.11 bits per heavy atom. The molecule has 1 fully saturated rings. The normalized spacial score (nSPS) is 15.7. The third-order valence-corrected chi connectivity index (χ3v) is 5.14. The van der Waals surface area contributed by atoms with Crippen LogP contribution in [0.2, 0.25) is 0 Å². The fraction of sp³-hybridized carbons (Fsp3) is 0.455. The average Bonchev–Trinajstić information content (AvgIpc) is 3.24. The zero-order valence-corrected chi connectivity index (χ0v) is 16.7. The number of guanidine groups is 1. The molecule has 1 aromatic heterocycles. The molecule has 5 nitrogen and oxygen atoms in total. The van der Waals surface area contributed by atoms with Crippen molar-refractivity contribution in [3.63, 3.8) is 0 Å². The van der Waals surface area contributed by atoms with Gasteiger partial charge in [0, 0.05) is 39.4 Å². The van der Waals surface area contributed by atoms with Gasteiger partial charge in [-0.2, -0.15) is 0 Å². The van der Waals surface area contributed by atoms with Crippen molar-refractivity contribution >= 4 is 11.8 Å². The summed E-state index contributed by atoms with van der Waals surface area (Å²) in [5.41, 5.74) is 3.79. The lowest BCUT2D eigenvalue weighted by molar-refractivity contribution is 0.698. The number of nitrogens with zero attached hydrogens (tertiary/aromatic N) is 3. The molecular formula is C22H31N5. The van der Waals surface area contributed by atoms with Crippen LogP contribution >= 0.6 is 0 Å². The van der Waals surface area contributed by atoms with Gasteiger partial charge in [-0.1, -0.05) is 42.8 Å². The minimum atomic E-state index is 0.422. The highest BCUT2D eigenvalue weighted by Gasteiger charge is 2.13. The van der Waals surface area contributed by atoms with Gasteiger partial charge >= 0.3 is 0 Å². The first-order valence-corrected chi connectivity index (χ1v) is 9.86. The summed E-state index contributed by atoms with van der Waals surface area (Å²) in [4.78, 5) is 11.3. The second-order valence-corrected chi connectivity index (χ2v) is 7.34. The number of aliphatic imine (C=N–C) groups is 1. The van der Waals surface area contributed by atoms with E-state index in [9.17, 15) is 0 Å². The van der Waals surface area contributed by atoms with E-state index in [1.807, 2.05) is 6.20 Å². The number of hydrogen-bond donors (Lipinski definition) is 2. The van der Waals surface area contributed by atoms with Crippen LogP contribution in [0.4, 0.5) is 5.82 Å². The van der Waals surface area contributed by atoms with Gasteiger partial charge in [-0.05, 0) is 42.9 Å². The number of pyridine rings is 1. The highest BCUT2D eigenvalue weighted by molar-refractivity contribution is 5.79. The van der Waals surface area contributed by atoms with Crippen molar-refractivity contribution in [3.05, 3.63) is 59.3 Å². The quantitative estimate of drug-likeness (QED) is 0.608. The van der Waals surface area contributed by atoms with Gasteiger partial charge in [0.1, 0.15) is 5.82 Å². The molecule has 2 aromatic rings. The molecule has 1 aromatic carbocycles. The van der Waals surface area contributed by atoms with Gasteiger partial charge in [0.2, 0.25) is 0 Å². The predicted octanol–water partition coefficient (Wildman–Crippen LogP) is 3.46. The van der Waals surface area contributed by atoms with Crippen LogP contribution in [-0.4, -0.2) is 37.6 Å². The van der Waals surface area contributed by atoms with Gasteiger partial charge in [-0.25, -0.2) is 4.98 Å². The van der Waals surface area contributed by atoms with Gasteiger partial charge in [0.15, 0.2) is 5.96 Å². The summed E-state index contributed by atoms with van der Waals surface area (Å²) in [6.45, 7) is 8.15. The monoisotopic (exact) mass is 365 g/mol. The van der Waals surface area contributed by atoms with E-state index < -0.39 is 0 Å². The van der Waals surface area contributed by atoms with E-state index in [1.165, 1.54) is 24.0 Å². The highest BCUT2D eigenvalue weighted by Crippen LogP contribution is 2.17. The van der Waals surface area contributed by atoms with E-state index in [0.29, 0.717) is 12.5 Å². The van der Waals surface area contributed by atoms with Crippen LogP contribution in [0, 0.1) is 6.92 Å². The van der Waals surface area contributed by atoms with Crippen LogP contribution in [0.1, 0.15) is 42.4 Å². The van der Waals surface area contributed by atoms with Crippen molar-refractivity contribution in [2.75, 3.05) is 31.6 Å². The van der Waals surface area contributed by atoms with Crippen LogP contribution in [0.5, 0.6) is 0 Å². The van der Waals surface area contributed by atoms with Crippen LogP contribution in [0.3, 0.4) is 0 Å². The molecule has 1 saturated heterocycles. The van der Waals surface area contributed by atoms with Crippen molar-refractivity contribution in [2.45, 2.75) is 39.2 Å². The third kappa shape index (κ3) is 5.46. The van der Waals surface area contributed by atoms with Crippen molar-refractivity contribution in [1.29, 1.82) is 0 Å². The Morgan fingerprint density at radius 2 is 1.85 bits per heavy atom. The molecule has 3 rings (SSSR count). The molecule has 2 heterocycles. The first kappa shape index (κ1) is 19.2. The largest absolute Gasteiger partial charge is 0.357 e. The fourth-order valence-corrected chi connectivity index (χ4v) is 3.32. The summed E-state index contributed by atoms with van der Waals surface area (Å²) in [6, 6.07) is 13.0. The Labute approximate surface area is 162 Å². The molecule has 0 saturated carbocycles. The molecule has 1 unspecified atom stereocenters. The minimum Gasteiger partial charge on any atom is -0.357 e. The Balaban J connectivity index is 1.46. The molecule has 1 aliphatic rings. The van der Waals surface area contributed by atoms with Crippen molar-refractivity contribution in [1.82, 2.24) is 15.6 Å². The lowest BCUT2D eigenvalue weighted by atomic mass is 10.0. The number of anilines is 1. The van der Waals surface area contributed by atoms with Gasteiger partial charge in [0.25, 0.3) is 0 Å². The van der Waals surface area contributed by atoms with Crippen LogP contribution in [-0.2, 0) is 6.54 Å². The lowest BCUT2D eigenvalue weighted by Gasteiger charge is -2.18. The molecule has 144 valence electrons. The molecular weight excluding hydrogens is 334 g/mol. The van der Waals surface area contributed by atoms with Crippen LogP contribution in [0.15, 0.2) is 47.6 Å². The van der Waals surface area contributed by atoms with E-state index in [2.05, 4.69) is 75.8 Å². The number of nitrogens with one attached hydrogen (secondary N) is 2. The molecule has 0 spiro atoms. The molecule has 1 atom stereocenters. The van der Waals surface area contributed by atoms with E-state index in [4.69, 9.17) is 0 Å². The first-order valence-electron chi connectivity index (χ1n) is 9.86. The lowest BCUT2D eigenvalue weighted by Crippen LogP contribution is -2.38. The molecule has 2 N–H and O–H groups in total. The summed E-state index contributed by atoms with van der Waals surface area (Å²) in [5.74, 6) is 2.33. The topological polar surface area (TPSA) is 52.6 Å². The number of benzene rings is 1. The summed E-state index contributed by atoms with van der Waals surface area (Å²) >= 11 is 0. The Hall–Kier alpha value is -2.56. The van der Waals surface area contributed by atoms with Gasteiger partial charge in [-0.15, -0.1) is 0 Å². The first-order chi connectivity index (χ1) is 13.2. The standard InChI is InChI=1S/C22H31N5/c1-17-6-9-20(10-7-17)18(2)14-25-22(23-3)26-16-19-8-11-21(24-15-19)27-12-4-5-13-27/h6-11,15,18H,4-5,12-14,16H2,1-3H3,(H2,23,25,26). The van der Waals surface area contributed by atoms with Crippen LogP contribution in [0.25, 0.3) is 0 Å². The number of hydrogen-bond acceptors (Lipinski definition) is 3. The maximum atomic E-state index is 4.61. The fourth-order valence-electron chi connectivity index (χ4n) is 3.32. The second-order valence-electron chi connectivity index (χ2n) is 7.34. The summed E-state index contributed by atoms with van der Waals surface area (Å²) < 4.78 is 0. The smallest absolute Gasteiger partial charge is 0.191 e. The predicted molar refractivity (Wildman–Crippen MR) is 113 cm³/mol. The van der Waals surface area contributed by atoms with Gasteiger partial charge < -0.3 is 15.5 Å². The van der Waals surface area contributed by atoms with E-state index in [-0.39, 0.29) is 0 Å². The molecule has 1 aliphatic heterocycles. The van der Waals surface area contributed by atoms with E-state index in [0.717, 1.165) is 37.0 Å². The Kier molecular flexibility index (Phi) is 6.69. The van der Waals surface area contributed by atoms with Crippen molar-refractivity contribution in [3.8, 4) is 0 Å². The maximum Gasteiger partial charge on any atom is 0.191 e. The Morgan fingerprint density at radius 3 is 2.48 bits per heavy atom. The summed E-state index contributed by atoms with van der Waals surface area (Å²) in [5, 5.41) is 6.79. The summed E-state index contributed by atoms with van der Waals surface area (Å²) in [6.07, 6.45) is 4.50. The Bertz CT molecular complexity index is 730. The number of rotatable bonds is 6. The highest BCUT2D eigenvalue weighted by atomic mass is 15.2. The SMILES string of the molecule is CN=C(NCc1ccc(N2CCCC2)nc1)NCC(C)c1ccc(C)cc1. The van der Waals surface area contributed by atoms with E-state index in [1.54, 1.807) is 7.05 Å². The molecule has 0 bridgehead atoms. The number of aryl methyl sites for hydroxylation is 1. The van der Waals surface area contributed by atoms with Crippen molar-refractivity contribution in [2.24, 2.45) is 4.99 Å². The van der Waals surface area contributed by atoms with Crippen LogP contribution < -0.4 is 15.5 Å². The van der Waals surface area contributed by atoms with Crippen molar-refractivity contribution < 1.29 is 0 Å². The molecule has 5 heteroatoms. The zero-order chi connectivity index (χ0) is 19.1. The van der Waals surface area contributed by atoms with Gasteiger partial charge in [-0.3, -0.25) is 4.99 Å².